The molecule has 0 aliphatic carbocycles. The van der Waals surface area contributed by atoms with Gasteiger partial charge in [0.2, 0.25) is 10.0 Å². The molecule has 0 spiro atoms. The summed E-state index contributed by atoms with van der Waals surface area (Å²) in [5, 5.41) is 0. The molecular weight excluding hydrogens is 284 g/mol. The topological polar surface area (TPSA) is 63.4 Å². The van der Waals surface area contributed by atoms with Crippen molar-refractivity contribution in [2.75, 3.05) is 18.8 Å². The fourth-order valence-electron chi connectivity index (χ4n) is 2.28. The van der Waals surface area contributed by atoms with E-state index in [1.54, 1.807) is 24.3 Å². The highest BCUT2D eigenvalue weighted by molar-refractivity contribution is 7.89. The van der Waals surface area contributed by atoms with Crippen molar-refractivity contribution < 1.29 is 8.42 Å². The molecule has 2 aromatic rings. The van der Waals surface area contributed by atoms with Crippen LogP contribution >= 0.6 is 0 Å². The van der Waals surface area contributed by atoms with Crippen LogP contribution in [0.25, 0.3) is 11.1 Å². The van der Waals surface area contributed by atoms with Gasteiger partial charge in [-0.25, -0.2) is 8.42 Å². The van der Waals surface area contributed by atoms with Crippen LogP contribution in [0, 0.1) is 0 Å². The summed E-state index contributed by atoms with van der Waals surface area (Å²) in [6.07, 6.45) is 0. The van der Waals surface area contributed by atoms with E-state index in [-0.39, 0.29) is 0 Å². The molecule has 4 nitrogen and oxygen atoms in total. The van der Waals surface area contributed by atoms with E-state index in [2.05, 4.69) is 0 Å². The van der Waals surface area contributed by atoms with Gasteiger partial charge >= 0.3 is 0 Å². The van der Waals surface area contributed by atoms with Gasteiger partial charge in [0.15, 0.2) is 0 Å². The monoisotopic (exact) mass is 304 g/mol. The van der Waals surface area contributed by atoms with Crippen molar-refractivity contribution in [1.29, 1.82) is 0 Å². The summed E-state index contributed by atoms with van der Waals surface area (Å²) in [7, 11) is -3.41. The number of nitrogen functional groups attached to an aromatic ring is 1. The van der Waals surface area contributed by atoms with Crippen molar-refractivity contribution in [3.63, 3.8) is 0 Å². The highest BCUT2D eigenvalue weighted by Gasteiger charge is 2.21. The Labute approximate surface area is 126 Å². The predicted molar refractivity (Wildman–Crippen MR) is 86.4 cm³/mol. The maximum absolute atomic E-state index is 12.4. The van der Waals surface area contributed by atoms with E-state index in [0.29, 0.717) is 23.7 Å². The Balaban J connectivity index is 2.38. The van der Waals surface area contributed by atoms with E-state index < -0.39 is 10.0 Å². The average molecular weight is 304 g/mol. The number of para-hydroxylation sites is 1. The largest absolute Gasteiger partial charge is 0.398 e. The lowest BCUT2D eigenvalue weighted by Crippen LogP contribution is -2.30. The maximum Gasteiger partial charge on any atom is 0.243 e. The van der Waals surface area contributed by atoms with Crippen molar-refractivity contribution in [3.8, 4) is 11.1 Å². The Morgan fingerprint density at radius 3 is 2.05 bits per heavy atom. The van der Waals surface area contributed by atoms with Crippen LogP contribution in [-0.2, 0) is 10.0 Å². The molecule has 0 aliphatic rings. The lowest BCUT2D eigenvalue weighted by molar-refractivity contribution is 0.445. The van der Waals surface area contributed by atoms with Crippen LogP contribution < -0.4 is 5.73 Å². The van der Waals surface area contributed by atoms with Gasteiger partial charge in [-0.2, -0.15) is 4.31 Å². The van der Waals surface area contributed by atoms with Crippen molar-refractivity contribution in [2.24, 2.45) is 0 Å². The van der Waals surface area contributed by atoms with Gasteiger partial charge in [0, 0.05) is 24.3 Å². The van der Waals surface area contributed by atoms with E-state index in [9.17, 15) is 8.42 Å². The van der Waals surface area contributed by atoms with Gasteiger partial charge < -0.3 is 5.73 Å². The molecule has 0 amide bonds. The Bertz CT molecular complexity index is 705. The molecule has 5 heteroatoms. The summed E-state index contributed by atoms with van der Waals surface area (Å²) < 4.78 is 26.3. The number of hydrogen-bond donors (Lipinski definition) is 1. The molecular formula is C16H20N2O2S. The SMILES string of the molecule is CCN(CC)S(=O)(=O)c1ccc(-c2ccccc2N)cc1. The van der Waals surface area contributed by atoms with Crippen molar-refractivity contribution >= 4 is 15.7 Å². The van der Waals surface area contributed by atoms with Crippen LogP contribution in [0.1, 0.15) is 13.8 Å². The van der Waals surface area contributed by atoms with Gasteiger partial charge in [0.1, 0.15) is 0 Å². The summed E-state index contributed by atoms with van der Waals surface area (Å²) in [5.41, 5.74) is 8.43. The molecule has 21 heavy (non-hydrogen) atoms. The number of sulfonamides is 1. The van der Waals surface area contributed by atoms with Crippen molar-refractivity contribution in [3.05, 3.63) is 48.5 Å². The standard InChI is InChI=1S/C16H20N2O2S/c1-3-18(4-2)21(19,20)14-11-9-13(10-12-14)15-7-5-6-8-16(15)17/h5-12H,3-4,17H2,1-2H3. The highest BCUT2D eigenvalue weighted by atomic mass is 32.2. The second-order valence-electron chi connectivity index (χ2n) is 4.70. The molecule has 0 fully saturated rings. The fraction of sp³-hybridized carbons (Fsp3) is 0.250. The molecule has 112 valence electrons. The quantitative estimate of drug-likeness (QED) is 0.864. The molecule has 0 saturated carbocycles. The van der Waals surface area contributed by atoms with Crippen molar-refractivity contribution in [1.82, 2.24) is 4.31 Å². The second-order valence-corrected chi connectivity index (χ2v) is 6.64. The second kappa shape index (κ2) is 6.28. The third-order valence-corrected chi connectivity index (χ3v) is 5.53. The van der Waals surface area contributed by atoms with E-state index in [1.165, 1.54) is 4.31 Å². The third kappa shape index (κ3) is 3.09. The minimum Gasteiger partial charge on any atom is -0.398 e. The minimum atomic E-state index is -3.41. The van der Waals surface area contributed by atoms with Gasteiger partial charge in [-0.05, 0) is 23.8 Å². The Morgan fingerprint density at radius 1 is 0.952 bits per heavy atom. The lowest BCUT2D eigenvalue weighted by Gasteiger charge is -2.18. The van der Waals surface area contributed by atoms with Crippen LogP contribution in [0.4, 0.5) is 5.69 Å². The van der Waals surface area contributed by atoms with E-state index >= 15 is 0 Å². The van der Waals surface area contributed by atoms with Gasteiger partial charge in [0.25, 0.3) is 0 Å². The first-order valence-electron chi connectivity index (χ1n) is 6.95. The smallest absolute Gasteiger partial charge is 0.243 e. The predicted octanol–water partition coefficient (Wildman–Crippen LogP) is 2.97. The van der Waals surface area contributed by atoms with Crippen LogP contribution in [0.3, 0.4) is 0 Å². The Morgan fingerprint density at radius 2 is 1.52 bits per heavy atom. The molecule has 0 saturated heterocycles. The van der Waals surface area contributed by atoms with Gasteiger partial charge in [-0.1, -0.05) is 44.2 Å². The average Bonchev–Trinajstić information content (AvgIpc) is 2.49. The maximum atomic E-state index is 12.4. The Kier molecular flexibility index (Phi) is 4.65. The van der Waals surface area contributed by atoms with Crippen LogP contribution in [-0.4, -0.2) is 25.8 Å². The van der Waals surface area contributed by atoms with E-state index in [0.717, 1.165) is 11.1 Å². The first-order chi connectivity index (χ1) is 10.0. The normalized spacial score (nSPS) is 11.8. The van der Waals surface area contributed by atoms with Crippen molar-refractivity contribution in [2.45, 2.75) is 18.7 Å². The Hall–Kier alpha value is -1.85. The van der Waals surface area contributed by atoms with Crippen LogP contribution in [0.15, 0.2) is 53.4 Å². The van der Waals surface area contributed by atoms with E-state index in [1.807, 2.05) is 38.1 Å². The number of nitrogens with zero attached hydrogens (tertiary/aromatic N) is 1. The molecule has 2 aromatic carbocycles. The summed E-state index contributed by atoms with van der Waals surface area (Å²) in [4.78, 5) is 0.310. The summed E-state index contributed by atoms with van der Waals surface area (Å²) in [6, 6.07) is 14.4. The molecule has 0 aliphatic heterocycles. The molecule has 0 radical (unpaired) electrons. The summed E-state index contributed by atoms with van der Waals surface area (Å²) in [6.45, 7) is 4.60. The van der Waals surface area contributed by atoms with Gasteiger partial charge in [0.05, 0.1) is 4.90 Å². The minimum absolute atomic E-state index is 0.310. The number of hydrogen-bond acceptors (Lipinski definition) is 3. The molecule has 0 unspecified atom stereocenters. The van der Waals surface area contributed by atoms with E-state index in [4.69, 9.17) is 5.73 Å². The van der Waals surface area contributed by atoms with Gasteiger partial charge in [-0.15, -0.1) is 0 Å². The van der Waals surface area contributed by atoms with Crippen LogP contribution in [0.2, 0.25) is 0 Å². The molecule has 0 heterocycles. The zero-order valence-corrected chi connectivity index (χ0v) is 13.1. The number of anilines is 1. The third-order valence-electron chi connectivity index (χ3n) is 3.47. The fourth-order valence-corrected chi connectivity index (χ4v) is 3.74. The zero-order valence-electron chi connectivity index (χ0n) is 12.3. The molecule has 0 atom stereocenters. The zero-order chi connectivity index (χ0) is 15.5. The highest BCUT2D eigenvalue weighted by Crippen LogP contribution is 2.27. The van der Waals surface area contributed by atoms with Crippen LogP contribution in [0.5, 0.6) is 0 Å². The number of nitrogens with two attached hydrogens (primary N) is 1. The number of rotatable bonds is 5. The summed E-state index contributed by atoms with van der Waals surface area (Å²) in [5.74, 6) is 0. The first-order valence-corrected chi connectivity index (χ1v) is 8.39. The molecule has 2 N–H and O–H groups in total. The molecule has 0 bridgehead atoms. The molecule has 2 rings (SSSR count). The lowest BCUT2D eigenvalue weighted by atomic mass is 10.0. The number of benzene rings is 2. The molecule has 0 aromatic heterocycles. The first kappa shape index (κ1) is 15.5. The van der Waals surface area contributed by atoms with Gasteiger partial charge in [-0.3, -0.25) is 0 Å². The summed E-state index contributed by atoms with van der Waals surface area (Å²) >= 11 is 0.